The lowest BCUT2D eigenvalue weighted by Crippen LogP contribution is -2.36. The van der Waals surface area contributed by atoms with E-state index < -0.39 is 5.82 Å². The van der Waals surface area contributed by atoms with Gasteiger partial charge in [0.05, 0.1) is 0 Å². The van der Waals surface area contributed by atoms with Gasteiger partial charge < -0.3 is 15.4 Å². The quantitative estimate of drug-likeness (QED) is 0.852. The fourth-order valence-corrected chi connectivity index (χ4v) is 2.12. The molecule has 0 aromatic heterocycles. The van der Waals surface area contributed by atoms with Gasteiger partial charge in [-0.05, 0) is 31.9 Å². The fraction of sp³-hybridized carbons (Fsp3) is 0.500. The van der Waals surface area contributed by atoms with Gasteiger partial charge in [-0.3, -0.25) is 4.79 Å². The molecule has 104 valence electrons. The minimum atomic E-state index is -0.401. The Kier molecular flexibility index (Phi) is 4.37. The summed E-state index contributed by atoms with van der Waals surface area (Å²) in [5.74, 6) is -0.109. The highest BCUT2D eigenvalue weighted by molar-refractivity contribution is 5.78. The summed E-state index contributed by atoms with van der Waals surface area (Å²) in [6.45, 7) is 2.61. The SMILES string of the molecule is CCN(C(=O)COc1cccc(F)c1CN)C1CC1. The first-order valence-electron chi connectivity index (χ1n) is 6.57. The molecule has 1 aromatic rings. The number of nitrogens with zero attached hydrogens (tertiary/aromatic N) is 1. The Bertz CT molecular complexity index is 461. The van der Waals surface area contributed by atoms with Crippen LogP contribution in [-0.4, -0.2) is 30.0 Å². The molecule has 4 nitrogen and oxygen atoms in total. The Balaban J connectivity index is 1.98. The number of halogens is 1. The van der Waals surface area contributed by atoms with Crippen molar-refractivity contribution in [2.24, 2.45) is 5.73 Å². The molecule has 0 saturated heterocycles. The van der Waals surface area contributed by atoms with E-state index >= 15 is 0 Å². The Hall–Kier alpha value is -1.62. The summed E-state index contributed by atoms with van der Waals surface area (Å²) < 4.78 is 18.9. The second kappa shape index (κ2) is 6.02. The highest BCUT2D eigenvalue weighted by Gasteiger charge is 2.31. The molecule has 1 amide bonds. The number of nitrogens with two attached hydrogens (primary N) is 1. The maximum Gasteiger partial charge on any atom is 0.260 e. The highest BCUT2D eigenvalue weighted by Crippen LogP contribution is 2.27. The van der Waals surface area contributed by atoms with E-state index in [-0.39, 0.29) is 19.1 Å². The van der Waals surface area contributed by atoms with Gasteiger partial charge in [0.2, 0.25) is 0 Å². The van der Waals surface area contributed by atoms with Crippen molar-refractivity contribution in [1.29, 1.82) is 0 Å². The third-order valence-corrected chi connectivity index (χ3v) is 3.28. The lowest BCUT2D eigenvalue weighted by Gasteiger charge is -2.20. The molecule has 0 radical (unpaired) electrons. The Morgan fingerprint density at radius 2 is 2.26 bits per heavy atom. The van der Waals surface area contributed by atoms with Crippen LogP contribution in [0.1, 0.15) is 25.3 Å². The number of carbonyl (C=O) groups excluding carboxylic acids is 1. The van der Waals surface area contributed by atoms with Crippen molar-refractivity contribution < 1.29 is 13.9 Å². The molecule has 1 saturated carbocycles. The van der Waals surface area contributed by atoms with Gasteiger partial charge in [-0.2, -0.15) is 0 Å². The molecule has 0 spiro atoms. The van der Waals surface area contributed by atoms with Gasteiger partial charge in [0.15, 0.2) is 6.61 Å². The molecule has 2 rings (SSSR count). The normalized spacial score (nSPS) is 14.3. The maximum atomic E-state index is 13.5. The molecule has 19 heavy (non-hydrogen) atoms. The third-order valence-electron chi connectivity index (χ3n) is 3.28. The van der Waals surface area contributed by atoms with Gasteiger partial charge in [-0.15, -0.1) is 0 Å². The van der Waals surface area contributed by atoms with Crippen molar-refractivity contribution in [3.8, 4) is 5.75 Å². The van der Waals surface area contributed by atoms with E-state index in [2.05, 4.69) is 0 Å². The number of ether oxygens (including phenoxy) is 1. The van der Waals surface area contributed by atoms with Crippen LogP contribution in [0, 0.1) is 5.82 Å². The average molecular weight is 266 g/mol. The second-order valence-electron chi connectivity index (χ2n) is 4.62. The number of benzene rings is 1. The van der Waals surface area contributed by atoms with Crippen molar-refractivity contribution in [2.75, 3.05) is 13.2 Å². The minimum Gasteiger partial charge on any atom is -0.483 e. The molecule has 0 unspecified atom stereocenters. The molecular weight excluding hydrogens is 247 g/mol. The van der Waals surface area contributed by atoms with Crippen LogP contribution in [0.5, 0.6) is 5.75 Å². The van der Waals surface area contributed by atoms with E-state index in [0.29, 0.717) is 23.9 Å². The first-order chi connectivity index (χ1) is 9.17. The molecule has 1 aliphatic rings. The molecule has 2 N–H and O–H groups in total. The number of hydrogen-bond acceptors (Lipinski definition) is 3. The van der Waals surface area contributed by atoms with Crippen molar-refractivity contribution >= 4 is 5.91 Å². The molecule has 5 heteroatoms. The van der Waals surface area contributed by atoms with Crippen LogP contribution in [0.15, 0.2) is 18.2 Å². The summed E-state index contributed by atoms with van der Waals surface area (Å²) >= 11 is 0. The monoisotopic (exact) mass is 266 g/mol. The molecule has 0 aliphatic heterocycles. The summed E-state index contributed by atoms with van der Waals surface area (Å²) in [4.78, 5) is 13.8. The van der Waals surface area contributed by atoms with E-state index in [1.807, 2.05) is 6.92 Å². The van der Waals surface area contributed by atoms with Gasteiger partial charge in [-0.25, -0.2) is 4.39 Å². The standard InChI is InChI=1S/C14H19FN2O2/c1-2-17(10-6-7-10)14(18)9-19-13-5-3-4-12(15)11(13)8-16/h3-5,10H,2,6-9,16H2,1H3. The van der Waals surface area contributed by atoms with Crippen LogP contribution in [0.3, 0.4) is 0 Å². The van der Waals surface area contributed by atoms with E-state index in [4.69, 9.17) is 10.5 Å². The predicted octanol–water partition coefficient (Wildman–Crippen LogP) is 1.67. The van der Waals surface area contributed by atoms with Crippen LogP contribution >= 0.6 is 0 Å². The number of carbonyl (C=O) groups is 1. The topological polar surface area (TPSA) is 55.6 Å². The highest BCUT2D eigenvalue weighted by atomic mass is 19.1. The van der Waals surface area contributed by atoms with Crippen molar-refractivity contribution in [3.63, 3.8) is 0 Å². The van der Waals surface area contributed by atoms with E-state index in [9.17, 15) is 9.18 Å². The van der Waals surface area contributed by atoms with Crippen LogP contribution in [0.4, 0.5) is 4.39 Å². The number of hydrogen-bond donors (Lipinski definition) is 1. The van der Waals surface area contributed by atoms with Crippen LogP contribution in [0.25, 0.3) is 0 Å². The summed E-state index contributed by atoms with van der Waals surface area (Å²) in [5, 5.41) is 0. The third kappa shape index (κ3) is 3.23. The van der Waals surface area contributed by atoms with Crippen LogP contribution < -0.4 is 10.5 Å². The minimum absolute atomic E-state index is 0.0519. The van der Waals surface area contributed by atoms with Crippen LogP contribution in [-0.2, 0) is 11.3 Å². The van der Waals surface area contributed by atoms with Gasteiger partial charge in [-0.1, -0.05) is 6.07 Å². The summed E-state index contributed by atoms with van der Waals surface area (Å²) in [7, 11) is 0. The maximum absolute atomic E-state index is 13.5. The largest absolute Gasteiger partial charge is 0.483 e. The molecule has 0 heterocycles. The predicted molar refractivity (Wildman–Crippen MR) is 70.2 cm³/mol. The lowest BCUT2D eigenvalue weighted by molar-refractivity contribution is -0.133. The summed E-state index contributed by atoms with van der Waals surface area (Å²) in [6.07, 6.45) is 2.13. The van der Waals surface area contributed by atoms with E-state index in [1.54, 1.807) is 17.0 Å². The smallest absolute Gasteiger partial charge is 0.260 e. The molecular formula is C14H19FN2O2. The summed E-state index contributed by atoms with van der Waals surface area (Å²) in [5.41, 5.74) is 5.80. The number of likely N-dealkylation sites (N-methyl/N-ethyl adjacent to an activating group) is 1. The first-order valence-corrected chi connectivity index (χ1v) is 6.57. The Morgan fingerprint density at radius 3 is 2.84 bits per heavy atom. The zero-order chi connectivity index (χ0) is 13.8. The van der Waals surface area contributed by atoms with Gasteiger partial charge in [0.25, 0.3) is 5.91 Å². The van der Waals surface area contributed by atoms with Gasteiger partial charge >= 0.3 is 0 Å². The average Bonchev–Trinajstić information content (AvgIpc) is 3.22. The zero-order valence-electron chi connectivity index (χ0n) is 11.1. The molecule has 1 aliphatic carbocycles. The molecule has 1 aromatic carbocycles. The lowest BCUT2D eigenvalue weighted by atomic mass is 10.2. The fourth-order valence-electron chi connectivity index (χ4n) is 2.12. The van der Waals surface area contributed by atoms with Crippen molar-refractivity contribution in [2.45, 2.75) is 32.4 Å². The number of rotatable bonds is 6. The van der Waals surface area contributed by atoms with Gasteiger partial charge in [0.1, 0.15) is 11.6 Å². The zero-order valence-corrected chi connectivity index (χ0v) is 11.1. The van der Waals surface area contributed by atoms with Crippen molar-refractivity contribution in [1.82, 2.24) is 4.90 Å². The Labute approximate surface area is 112 Å². The van der Waals surface area contributed by atoms with E-state index in [0.717, 1.165) is 12.8 Å². The molecule has 0 bridgehead atoms. The first kappa shape index (κ1) is 13.8. The van der Waals surface area contributed by atoms with Crippen LogP contribution in [0.2, 0.25) is 0 Å². The number of amides is 1. The van der Waals surface area contributed by atoms with Crippen molar-refractivity contribution in [3.05, 3.63) is 29.6 Å². The van der Waals surface area contributed by atoms with E-state index in [1.165, 1.54) is 6.07 Å². The van der Waals surface area contributed by atoms with Gasteiger partial charge in [0, 0.05) is 24.7 Å². The summed E-state index contributed by atoms with van der Waals surface area (Å²) in [6, 6.07) is 4.88. The molecule has 0 atom stereocenters. The molecule has 1 fully saturated rings. The Morgan fingerprint density at radius 1 is 1.53 bits per heavy atom. The second-order valence-corrected chi connectivity index (χ2v) is 4.62.